The van der Waals surface area contributed by atoms with Gasteiger partial charge < -0.3 is 9.47 Å². The van der Waals surface area contributed by atoms with Crippen molar-refractivity contribution < 1.29 is 23.5 Å². The SMILES string of the molecule is CCCC(=O)OC[C@H]1CN(c2ccc(-c3ccc(-c4nnn(C)n4)nc3)c(F)c2)C(=O)O1. The lowest BCUT2D eigenvalue weighted by atomic mass is 10.1. The predicted octanol–water partition coefficient (Wildman–Crippen LogP) is 2.75. The minimum atomic E-state index is -0.615. The normalized spacial score (nSPS) is 15.7. The second kappa shape index (κ2) is 9.08. The molecule has 1 amide bonds. The number of carbonyl (C=O) groups excluding carboxylic acids is 2. The molecule has 32 heavy (non-hydrogen) atoms. The first-order valence-corrected chi connectivity index (χ1v) is 10.1. The zero-order valence-corrected chi connectivity index (χ0v) is 17.6. The molecule has 1 aliphatic heterocycles. The number of tetrazole rings is 1. The van der Waals surface area contributed by atoms with Crippen LogP contribution in [0.3, 0.4) is 0 Å². The van der Waals surface area contributed by atoms with E-state index < -0.39 is 18.0 Å². The van der Waals surface area contributed by atoms with Gasteiger partial charge in [-0.25, -0.2) is 9.18 Å². The lowest BCUT2D eigenvalue weighted by Crippen LogP contribution is -2.26. The number of halogens is 1. The van der Waals surface area contributed by atoms with Gasteiger partial charge in [0.2, 0.25) is 5.82 Å². The number of nitrogens with zero attached hydrogens (tertiary/aromatic N) is 6. The molecule has 1 fully saturated rings. The number of aromatic nitrogens is 5. The Bertz CT molecular complexity index is 1130. The maximum atomic E-state index is 14.9. The molecule has 0 saturated carbocycles. The van der Waals surface area contributed by atoms with Crippen LogP contribution in [0.15, 0.2) is 36.5 Å². The van der Waals surface area contributed by atoms with Crippen molar-refractivity contribution >= 4 is 17.7 Å². The summed E-state index contributed by atoms with van der Waals surface area (Å²) < 4.78 is 25.2. The van der Waals surface area contributed by atoms with Gasteiger partial charge in [0.15, 0.2) is 6.10 Å². The molecule has 1 aromatic carbocycles. The third-order valence-corrected chi connectivity index (χ3v) is 4.83. The number of aryl methyl sites for hydroxylation is 1. The van der Waals surface area contributed by atoms with Gasteiger partial charge in [0.1, 0.15) is 18.1 Å². The lowest BCUT2D eigenvalue weighted by Gasteiger charge is -2.14. The number of ether oxygens (including phenoxy) is 2. The summed E-state index contributed by atoms with van der Waals surface area (Å²) in [5, 5.41) is 11.7. The fraction of sp³-hybridized carbons (Fsp3) is 0.333. The molecular formula is C21H21FN6O4. The van der Waals surface area contributed by atoms with E-state index in [-0.39, 0.29) is 19.1 Å². The summed E-state index contributed by atoms with van der Waals surface area (Å²) in [5.74, 6) is -0.482. The molecule has 0 spiro atoms. The van der Waals surface area contributed by atoms with Crippen molar-refractivity contribution in [3.05, 3.63) is 42.3 Å². The number of amides is 1. The molecule has 0 N–H and O–H groups in total. The smallest absolute Gasteiger partial charge is 0.414 e. The van der Waals surface area contributed by atoms with Gasteiger partial charge >= 0.3 is 12.1 Å². The van der Waals surface area contributed by atoms with Gasteiger partial charge in [-0.15, -0.1) is 10.2 Å². The fourth-order valence-corrected chi connectivity index (χ4v) is 3.26. The molecule has 1 saturated heterocycles. The minimum Gasteiger partial charge on any atom is -0.462 e. The molecule has 3 heterocycles. The summed E-state index contributed by atoms with van der Waals surface area (Å²) >= 11 is 0. The van der Waals surface area contributed by atoms with Crippen molar-refractivity contribution in [1.82, 2.24) is 25.2 Å². The van der Waals surface area contributed by atoms with E-state index in [1.165, 1.54) is 22.0 Å². The van der Waals surface area contributed by atoms with Crippen LogP contribution < -0.4 is 4.90 Å². The van der Waals surface area contributed by atoms with E-state index in [9.17, 15) is 14.0 Å². The Balaban J connectivity index is 1.45. The molecule has 0 aliphatic carbocycles. The van der Waals surface area contributed by atoms with E-state index in [1.807, 2.05) is 6.92 Å². The molecule has 1 aliphatic rings. The van der Waals surface area contributed by atoms with Crippen LogP contribution in [0.2, 0.25) is 0 Å². The molecule has 0 unspecified atom stereocenters. The highest BCUT2D eigenvalue weighted by Crippen LogP contribution is 2.29. The molecule has 1 atom stereocenters. The van der Waals surface area contributed by atoms with Gasteiger partial charge in [-0.3, -0.25) is 14.7 Å². The number of pyridine rings is 1. The summed E-state index contributed by atoms with van der Waals surface area (Å²) in [5.41, 5.74) is 1.76. The number of rotatable bonds is 7. The van der Waals surface area contributed by atoms with Crippen molar-refractivity contribution in [3.8, 4) is 22.6 Å². The van der Waals surface area contributed by atoms with Crippen molar-refractivity contribution in [2.75, 3.05) is 18.1 Å². The minimum absolute atomic E-state index is 0.0275. The van der Waals surface area contributed by atoms with E-state index >= 15 is 0 Å². The van der Waals surface area contributed by atoms with Crippen LogP contribution >= 0.6 is 0 Å². The third-order valence-electron chi connectivity index (χ3n) is 4.83. The van der Waals surface area contributed by atoms with E-state index in [0.29, 0.717) is 41.2 Å². The Kier molecular flexibility index (Phi) is 6.06. The topological polar surface area (TPSA) is 112 Å². The van der Waals surface area contributed by atoms with E-state index in [0.717, 1.165) is 0 Å². The van der Waals surface area contributed by atoms with Crippen molar-refractivity contribution in [2.45, 2.75) is 25.9 Å². The maximum absolute atomic E-state index is 14.9. The quantitative estimate of drug-likeness (QED) is 0.516. The van der Waals surface area contributed by atoms with E-state index in [2.05, 4.69) is 20.4 Å². The van der Waals surface area contributed by atoms with Crippen LogP contribution in [0.25, 0.3) is 22.6 Å². The average molecular weight is 440 g/mol. The molecule has 166 valence electrons. The maximum Gasteiger partial charge on any atom is 0.414 e. The number of hydrogen-bond acceptors (Lipinski definition) is 8. The number of anilines is 1. The van der Waals surface area contributed by atoms with Crippen LogP contribution in [-0.2, 0) is 21.3 Å². The summed E-state index contributed by atoms with van der Waals surface area (Å²) in [6.45, 7) is 2.01. The average Bonchev–Trinajstić information content (AvgIpc) is 3.38. The van der Waals surface area contributed by atoms with Crippen molar-refractivity contribution in [1.29, 1.82) is 0 Å². The Labute approximate surface area is 183 Å². The molecular weight excluding hydrogens is 419 g/mol. The van der Waals surface area contributed by atoms with E-state index in [1.54, 1.807) is 31.3 Å². The molecule has 0 radical (unpaired) electrons. The number of cyclic esters (lactones) is 1. The highest BCUT2D eigenvalue weighted by molar-refractivity contribution is 5.90. The largest absolute Gasteiger partial charge is 0.462 e. The monoisotopic (exact) mass is 440 g/mol. The Morgan fingerprint density at radius 2 is 2.16 bits per heavy atom. The van der Waals surface area contributed by atoms with Gasteiger partial charge in [0.25, 0.3) is 0 Å². The Morgan fingerprint density at radius 3 is 2.81 bits per heavy atom. The number of carbonyl (C=O) groups is 2. The first kappa shape index (κ1) is 21.3. The highest BCUT2D eigenvalue weighted by Gasteiger charge is 2.33. The van der Waals surface area contributed by atoms with Crippen molar-refractivity contribution in [3.63, 3.8) is 0 Å². The van der Waals surface area contributed by atoms with Gasteiger partial charge in [0.05, 0.1) is 19.3 Å². The Hall–Kier alpha value is -3.89. The van der Waals surface area contributed by atoms with Crippen LogP contribution in [0, 0.1) is 5.82 Å². The number of esters is 1. The standard InChI is InChI=1S/C21H21FN6O4/c1-3-4-19(29)31-12-15-11-28(21(30)32-15)14-6-7-16(17(22)9-14)13-5-8-18(23-10-13)20-24-26-27(2)25-20/h5-10,15H,3-4,11-12H2,1-2H3/t15-/m1/s1. The van der Waals surface area contributed by atoms with Gasteiger partial charge in [-0.05, 0) is 35.9 Å². The van der Waals surface area contributed by atoms with Crippen LogP contribution in [-0.4, -0.2) is 56.5 Å². The first-order valence-electron chi connectivity index (χ1n) is 10.1. The van der Waals surface area contributed by atoms with Crippen LogP contribution in [0.1, 0.15) is 19.8 Å². The number of hydrogen-bond donors (Lipinski definition) is 0. The number of benzene rings is 1. The summed E-state index contributed by atoms with van der Waals surface area (Å²) in [6.07, 6.45) is 1.29. The summed E-state index contributed by atoms with van der Waals surface area (Å²) in [4.78, 5) is 30.6. The van der Waals surface area contributed by atoms with Crippen LogP contribution in [0.4, 0.5) is 14.9 Å². The summed E-state index contributed by atoms with van der Waals surface area (Å²) in [7, 11) is 1.65. The molecule has 0 bridgehead atoms. The second-order valence-corrected chi connectivity index (χ2v) is 7.25. The van der Waals surface area contributed by atoms with Crippen LogP contribution in [0.5, 0.6) is 0 Å². The van der Waals surface area contributed by atoms with Crippen molar-refractivity contribution in [2.24, 2.45) is 7.05 Å². The zero-order valence-electron chi connectivity index (χ0n) is 17.6. The molecule has 2 aromatic heterocycles. The highest BCUT2D eigenvalue weighted by atomic mass is 19.1. The predicted molar refractivity (Wildman–Crippen MR) is 111 cm³/mol. The molecule has 10 nitrogen and oxygen atoms in total. The fourth-order valence-electron chi connectivity index (χ4n) is 3.26. The Morgan fingerprint density at radius 1 is 1.31 bits per heavy atom. The van der Waals surface area contributed by atoms with Gasteiger partial charge in [-0.2, -0.15) is 4.80 Å². The molecule has 3 aromatic rings. The second-order valence-electron chi connectivity index (χ2n) is 7.25. The zero-order chi connectivity index (χ0) is 22.7. The summed E-state index contributed by atoms with van der Waals surface area (Å²) in [6, 6.07) is 7.86. The molecule has 11 heteroatoms. The third kappa shape index (κ3) is 4.56. The van der Waals surface area contributed by atoms with Gasteiger partial charge in [-0.1, -0.05) is 13.0 Å². The van der Waals surface area contributed by atoms with E-state index in [4.69, 9.17) is 9.47 Å². The first-order chi connectivity index (χ1) is 15.4. The van der Waals surface area contributed by atoms with Gasteiger partial charge in [0, 0.05) is 23.7 Å². The molecule has 4 rings (SSSR count). The lowest BCUT2D eigenvalue weighted by molar-refractivity contribution is -0.146.